The van der Waals surface area contributed by atoms with Gasteiger partial charge in [-0.3, -0.25) is 9.52 Å². The molecule has 15 heteroatoms. The number of methoxy groups -OCH3 is 1. The zero-order chi connectivity index (χ0) is 29.7. The van der Waals surface area contributed by atoms with E-state index in [1.807, 2.05) is 0 Å². The Morgan fingerprint density at radius 1 is 1.07 bits per heavy atom. The van der Waals surface area contributed by atoms with Crippen LogP contribution in [0.2, 0.25) is 0 Å². The van der Waals surface area contributed by atoms with Crippen LogP contribution < -0.4 is 14.8 Å². The molecule has 0 spiro atoms. The van der Waals surface area contributed by atoms with E-state index in [1.54, 1.807) is 6.07 Å². The van der Waals surface area contributed by atoms with Crippen LogP contribution in [0.15, 0.2) is 59.9 Å². The number of hydrogen-bond acceptors (Lipinski definition) is 7. The number of aromatic nitrogens is 2. The smallest absolute Gasteiger partial charge is 0.303 e. The normalized spacial score (nSPS) is 15.5. The van der Waals surface area contributed by atoms with Crippen LogP contribution in [0.5, 0.6) is 5.75 Å². The molecule has 0 saturated carbocycles. The van der Waals surface area contributed by atoms with Gasteiger partial charge in [0, 0.05) is 55.5 Å². The fourth-order valence-corrected chi connectivity index (χ4v) is 5.34. The summed E-state index contributed by atoms with van der Waals surface area (Å²) in [6, 6.07) is 8.10. The molecular weight excluding hydrogens is 573 g/mol. The third-order valence-corrected chi connectivity index (χ3v) is 7.72. The Bertz CT molecular complexity index is 1570. The lowest BCUT2D eigenvalue weighted by Crippen LogP contribution is -2.45. The molecule has 3 aromatic rings. The summed E-state index contributed by atoms with van der Waals surface area (Å²) in [7, 11) is -2.40. The van der Waals surface area contributed by atoms with Crippen LogP contribution in [0, 0.1) is 17.5 Å². The number of benzene rings is 2. The Hall–Kier alpha value is -4.11. The second-order valence-corrected chi connectivity index (χ2v) is 10.5. The SMILES string of the molecule is COc1ccc(F)c(-c2cc(F)c(F)c(C(F)F)c2)c1.O=C1CCNC2=C1CN(S(=O)(=O)Nc1cccnn1)CC2. The molecule has 9 nitrogen and oxygen atoms in total. The van der Waals surface area contributed by atoms with E-state index in [4.69, 9.17) is 4.74 Å². The Balaban J connectivity index is 0.000000189. The van der Waals surface area contributed by atoms with Crippen molar-refractivity contribution in [1.82, 2.24) is 19.8 Å². The molecular formula is C26H24F5N5O4S. The molecule has 0 unspecified atom stereocenters. The molecule has 0 amide bonds. The first-order chi connectivity index (χ1) is 19.5. The number of nitrogens with zero attached hydrogens (tertiary/aromatic N) is 3. The highest BCUT2D eigenvalue weighted by Gasteiger charge is 2.32. The van der Waals surface area contributed by atoms with Crippen LogP contribution in [0.1, 0.15) is 24.8 Å². The summed E-state index contributed by atoms with van der Waals surface area (Å²) >= 11 is 0. The van der Waals surface area contributed by atoms with E-state index >= 15 is 0 Å². The van der Waals surface area contributed by atoms with Gasteiger partial charge in [0.1, 0.15) is 11.6 Å². The van der Waals surface area contributed by atoms with Gasteiger partial charge in [-0.25, -0.2) is 22.0 Å². The molecule has 2 aromatic carbocycles. The first-order valence-corrected chi connectivity index (χ1v) is 13.6. The van der Waals surface area contributed by atoms with Crippen molar-refractivity contribution in [3.05, 3.63) is 82.9 Å². The van der Waals surface area contributed by atoms with E-state index in [0.717, 1.165) is 17.8 Å². The molecule has 41 heavy (non-hydrogen) atoms. The van der Waals surface area contributed by atoms with Crippen molar-refractivity contribution in [2.45, 2.75) is 19.3 Å². The summed E-state index contributed by atoms with van der Waals surface area (Å²) in [6.07, 6.45) is -0.812. The first kappa shape index (κ1) is 29.9. The van der Waals surface area contributed by atoms with E-state index in [2.05, 4.69) is 20.2 Å². The fraction of sp³-hybridized carbons (Fsp3) is 0.269. The van der Waals surface area contributed by atoms with Crippen LogP contribution >= 0.6 is 0 Å². The number of halogens is 5. The summed E-state index contributed by atoms with van der Waals surface area (Å²) < 4.78 is 98.7. The number of ketones is 1. The number of anilines is 1. The van der Waals surface area contributed by atoms with Gasteiger partial charge in [-0.1, -0.05) is 0 Å². The lowest BCUT2D eigenvalue weighted by Gasteiger charge is -2.32. The van der Waals surface area contributed by atoms with E-state index in [-0.39, 0.29) is 35.0 Å². The van der Waals surface area contributed by atoms with Crippen LogP contribution in [0.4, 0.5) is 27.8 Å². The minimum absolute atomic E-state index is 0.0168. The summed E-state index contributed by atoms with van der Waals surface area (Å²) in [6.45, 7) is 1.05. The molecule has 1 aromatic heterocycles. The maximum absolute atomic E-state index is 13.7. The second kappa shape index (κ2) is 12.6. The van der Waals surface area contributed by atoms with Gasteiger partial charge in [0.05, 0.1) is 12.7 Å². The second-order valence-electron chi connectivity index (χ2n) is 8.86. The van der Waals surface area contributed by atoms with Crippen molar-refractivity contribution in [3.63, 3.8) is 0 Å². The highest BCUT2D eigenvalue weighted by atomic mass is 32.2. The predicted octanol–water partition coefficient (Wildman–Crippen LogP) is 4.37. The van der Waals surface area contributed by atoms with Crippen molar-refractivity contribution in [2.24, 2.45) is 0 Å². The molecule has 2 aliphatic heterocycles. The van der Waals surface area contributed by atoms with Gasteiger partial charge >= 0.3 is 10.2 Å². The molecule has 2 N–H and O–H groups in total. The van der Waals surface area contributed by atoms with Crippen LogP contribution in [-0.4, -0.2) is 55.4 Å². The zero-order valence-electron chi connectivity index (χ0n) is 21.5. The minimum atomic E-state index is -3.74. The van der Waals surface area contributed by atoms with E-state index in [9.17, 15) is 35.2 Å². The number of nitrogens with one attached hydrogen (secondary N) is 2. The fourth-order valence-electron chi connectivity index (χ4n) is 4.20. The molecule has 0 atom stereocenters. The first-order valence-electron chi connectivity index (χ1n) is 12.2. The molecule has 0 radical (unpaired) electrons. The van der Waals surface area contributed by atoms with Gasteiger partial charge in [-0.2, -0.15) is 17.8 Å². The molecule has 0 fully saturated rings. The van der Waals surface area contributed by atoms with Crippen LogP contribution in [0.3, 0.4) is 0 Å². The van der Waals surface area contributed by atoms with E-state index in [1.165, 1.54) is 35.8 Å². The molecule has 0 saturated heterocycles. The largest absolute Gasteiger partial charge is 0.497 e. The van der Waals surface area contributed by atoms with E-state index in [0.29, 0.717) is 37.6 Å². The van der Waals surface area contributed by atoms with Crippen molar-refractivity contribution in [3.8, 4) is 16.9 Å². The highest BCUT2D eigenvalue weighted by Crippen LogP contribution is 2.33. The number of rotatable bonds is 6. The van der Waals surface area contributed by atoms with Crippen molar-refractivity contribution in [1.29, 1.82) is 0 Å². The van der Waals surface area contributed by atoms with Crippen molar-refractivity contribution < 1.29 is 39.9 Å². The lowest BCUT2D eigenvalue weighted by molar-refractivity contribution is -0.116. The van der Waals surface area contributed by atoms with Gasteiger partial charge in [-0.15, -0.1) is 5.10 Å². The third kappa shape index (κ3) is 6.97. The van der Waals surface area contributed by atoms with Crippen LogP contribution in [0.25, 0.3) is 11.1 Å². The average Bonchev–Trinajstić information content (AvgIpc) is 2.95. The molecule has 0 aliphatic carbocycles. The number of alkyl halides is 2. The summed E-state index contributed by atoms with van der Waals surface area (Å²) in [5, 5.41) is 10.5. The lowest BCUT2D eigenvalue weighted by atomic mass is 9.98. The van der Waals surface area contributed by atoms with E-state index < -0.39 is 39.6 Å². The molecule has 0 bridgehead atoms. The van der Waals surface area contributed by atoms with Gasteiger partial charge in [0.25, 0.3) is 6.43 Å². The Morgan fingerprint density at radius 2 is 1.85 bits per heavy atom. The van der Waals surface area contributed by atoms with Gasteiger partial charge in [-0.05, 0) is 48.0 Å². The highest BCUT2D eigenvalue weighted by molar-refractivity contribution is 7.90. The average molecular weight is 598 g/mol. The van der Waals surface area contributed by atoms with Gasteiger partial charge in [0.2, 0.25) is 0 Å². The van der Waals surface area contributed by atoms with Crippen molar-refractivity contribution in [2.75, 3.05) is 31.5 Å². The number of hydrogen-bond donors (Lipinski definition) is 2. The molecule has 218 valence electrons. The van der Waals surface area contributed by atoms with Gasteiger partial charge < -0.3 is 10.1 Å². The number of Topliss-reactive ketones (excluding diaryl/α,β-unsaturated/α-hetero) is 1. The molecule has 3 heterocycles. The summed E-state index contributed by atoms with van der Waals surface area (Å²) in [5.74, 6) is -3.40. The standard InChI is InChI=1S/C14H9F5O.C12H15N5O3S/c1-20-8-2-3-11(15)9(6-8)7-4-10(14(18)19)13(17)12(16)5-7;18-11-3-6-13-10-4-7-17(8-9(10)11)21(19,20)16-12-2-1-5-14-15-12/h2-6,14H,1H3;1-2,5,13H,3-4,6-8H2,(H,15,16). The van der Waals surface area contributed by atoms with Gasteiger partial charge in [0.15, 0.2) is 23.2 Å². The van der Waals surface area contributed by atoms with Crippen LogP contribution in [-0.2, 0) is 15.0 Å². The maximum atomic E-state index is 13.7. The topological polar surface area (TPSA) is 114 Å². The Labute approximate surface area is 232 Å². The van der Waals surface area contributed by atoms with Crippen molar-refractivity contribution >= 4 is 21.8 Å². The Kier molecular flexibility index (Phi) is 9.18. The number of carbonyl (C=O) groups is 1. The summed E-state index contributed by atoms with van der Waals surface area (Å²) in [4.78, 5) is 11.9. The number of ether oxygens (including phenoxy) is 1. The molecule has 2 aliphatic rings. The maximum Gasteiger partial charge on any atom is 0.303 e. The monoisotopic (exact) mass is 597 g/mol. The quantitative estimate of drug-likeness (QED) is 0.406. The number of carbonyl (C=O) groups excluding carboxylic acids is 1. The minimum Gasteiger partial charge on any atom is -0.497 e. The third-order valence-electron chi connectivity index (χ3n) is 6.26. The summed E-state index contributed by atoms with van der Waals surface area (Å²) in [5.41, 5.74) is -0.00260. The zero-order valence-corrected chi connectivity index (χ0v) is 22.3. The predicted molar refractivity (Wildman–Crippen MR) is 139 cm³/mol. The Morgan fingerprint density at radius 3 is 2.54 bits per heavy atom. The molecule has 5 rings (SSSR count).